The highest BCUT2D eigenvalue weighted by Gasteiger charge is 2.32. The van der Waals surface area contributed by atoms with Crippen LogP contribution in [0.4, 0.5) is 5.69 Å². The quantitative estimate of drug-likeness (QED) is 0.796. The lowest BCUT2D eigenvalue weighted by Gasteiger charge is -2.35. The molecule has 1 fully saturated rings. The van der Waals surface area contributed by atoms with Gasteiger partial charge in [0.15, 0.2) is 0 Å². The molecule has 0 spiro atoms. The van der Waals surface area contributed by atoms with Crippen LogP contribution >= 0.6 is 15.9 Å². The second kappa shape index (κ2) is 6.75. The first-order valence-corrected chi connectivity index (χ1v) is 8.07. The lowest BCUT2D eigenvalue weighted by molar-refractivity contribution is -0.000781. The number of aliphatic hydroxyl groups is 1. The van der Waals surface area contributed by atoms with Crippen LogP contribution < -0.4 is 10.9 Å². The summed E-state index contributed by atoms with van der Waals surface area (Å²) in [6, 6.07) is 0. The van der Waals surface area contributed by atoms with Gasteiger partial charge in [-0.05, 0) is 34.7 Å². The monoisotopic (exact) mass is 355 g/mol. The van der Waals surface area contributed by atoms with E-state index in [0.717, 1.165) is 19.3 Å². The molecular formula is C15H22BrN3O2. The second-order valence-electron chi connectivity index (χ2n) is 5.93. The molecule has 2 rings (SSSR count). The van der Waals surface area contributed by atoms with Crippen LogP contribution in [0.2, 0.25) is 0 Å². The summed E-state index contributed by atoms with van der Waals surface area (Å²) in [4.78, 5) is 12.1. The normalized spacial score (nSPS) is 25.6. The average Bonchev–Trinajstić information content (AvgIpc) is 2.43. The van der Waals surface area contributed by atoms with E-state index in [1.54, 1.807) is 12.3 Å². The van der Waals surface area contributed by atoms with Crippen molar-refractivity contribution in [2.75, 3.05) is 11.9 Å². The predicted molar refractivity (Wildman–Crippen MR) is 87.5 cm³/mol. The zero-order chi connectivity index (χ0) is 15.5. The van der Waals surface area contributed by atoms with Gasteiger partial charge in [0.25, 0.3) is 5.56 Å². The van der Waals surface area contributed by atoms with E-state index < -0.39 is 5.60 Å². The highest BCUT2D eigenvalue weighted by molar-refractivity contribution is 9.10. The Balaban J connectivity index is 2.08. The van der Waals surface area contributed by atoms with E-state index in [1.165, 1.54) is 11.1 Å². The Bertz CT molecular complexity index is 573. The smallest absolute Gasteiger partial charge is 0.283 e. The van der Waals surface area contributed by atoms with Crippen LogP contribution in [-0.4, -0.2) is 27.0 Å². The first-order chi connectivity index (χ1) is 9.95. The molecule has 0 amide bonds. The number of nitrogens with zero attached hydrogens (tertiary/aromatic N) is 2. The number of rotatable bonds is 5. The molecule has 1 heterocycles. The molecule has 1 aromatic heterocycles. The van der Waals surface area contributed by atoms with Gasteiger partial charge in [-0.25, -0.2) is 4.68 Å². The number of allylic oxidation sites excluding steroid dienone is 1. The van der Waals surface area contributed by atoms with E-state index in [-0.39, 0.29) is 5.56 Å². The molecule has 1 saturated carbocycles. The Hall–Kier alpha value is -1.14. The van der Waals surface area contributed by atoms with Crippen LogP contribution in [0, 0.1) is 5.92 Å². The molecule has 6 heteroatoms. The van der Waals surface area contributed by atoms with E-state index in [1.807, 2.05) is 0 Å². The maximum absolute atomic E-state index is 12.1. The van der Waals surface area contributed by atoms with Crippen molar-refractivity contribution in [1.82, 2.24) is 9.78 Å². The molecule has 116 valence electrons. The minimum Gasteiger partial charge on any atom is -0.388 e. The van der Waals surface area contributed by atoms with E-state index >= 15 is 0 Å². The van der Waals surface area contributed by atoms with Gasteiger partial charge in [0, 0.05) is 6.54 Å². The summed E-state index contributed by atoms with van der Waals surface area (Å²) in [7, 11) is 0. The highest BCUT2D eigenvalue weighted by atomic mass is 79.9. The zero-order valence-electron chi connectivity index (χ0n) is 12.3. The number of halogens is 1. The SMILES string of the molecule is C=CCn1ncc(NCC2(O)CCCC(C)C2)c(Br)c1=O. The molecule has 0 saturated heterocycles. The molecule has 0 aliphatic heterocycles. The lowest BCUT2D eigenvalue weighted by Crippen LogP contribution is -2.41. The van der Waals surface area contributed by atoms with Crippen molar-refractivity contribution in [3.05, 3.63) is 33.7 Å². The van der Waals surface area contributed by atoms with Crippen molar-refractivity contribution >= 4 is 21.6 Å². The molecule has 1 aromatic rings. The maximum Gasteiger partial charge on any atom is 0.283 e. The molecule has 2 N–H and O–H groups in total. The van der Waals surface area contributed by atoms with Crippen molar-refractivity contribution < 1.29 is 5.11 Å². The molecule has 5 nitrogen and oxygen atoms in total. The second-order valence-corrected chi connectivity index (χ2v) is 6.72. The molecule has 2 unspecified atom stereocenters. The molecule has 0 aromatic carbocycles. The van der Waals surface area contributed by atoms with Gasteiger partial charge in [-0.15, -0.1) is 6.58 Å². The van der Waals surface area contributed by atoms with Crippen LogP contribution in [-0.2, 0) is 6.54 Å². The summed E-state index contributed by atoms with van der Waals surface area (Å²) < 4.78 is 1.77. The Kier molecular flexibility index (Phi) is 5.22. The predicted octanol–water partition coefficient (Wildman–Crippen LogP) is 2.54. The van der Waals surface area contributed by atoms with Crippen LogP contribution in [0.3, 0.4) is 0 Å². The Labute approximate surface area is 133 Å². The summed E-state index contributed by atoms with van der Waals surface area (Å²) in [5, 5.41) is 17.9. The van der Waals surface area contributed by atoms with Crippen molar-refractivity contribution in [1.29, 1.82) is 0 Å². The molecule has 1 aliphatic rings. The summed E-state index contributed by atoms with van der Waals surface area (Å²) in [6.07, 6.45) is 7.02. The third-order valence-electron chi connectivity index (χ3n) is 3.96. The minimum atomic E-state index is -0.701. The Morgan fingerprint density at radius 3 is 3.14 bits per heavy atom. The van der Waals surface area contributed by atoms with Crippen LogP contribution in [0.15, 0.2) is 28.1 Å². The molecule has 21 heavy (non-hydrogen) atoms. The minimum absolute atomic E-state index is 0.205. The average molecular weight is 356 g/mol. The third kappa shape index (κ3) is 3.95. The van der Waals surface area contributed by atoms with Crippen LogP contribution in [0.5, 0.6) is 0 Å². The molecular weight excluding hydrogens is 334 g/mol. The van der Waals surface area contributed by atoms with Gasteiger partial charge in [0.05, 0.1) is 24.0 Å². The van der Waals surface area contributed by atoms with Gasteiger partial charge < -0.3 is 10.4 Å². The third-order valence-corrected chi connectivity index (χ3v) is 4.73. The molecule has 0 bridgehead atoms. The molecule has 2 atom stereocenters. The summed E-state index contributed by atoms with van der Waals surface area (Å²) in [5.41, 5.74) is -0.288. The first kappa shape index (κ1) is 16.2. The largest absolute Gasteiger partial charge is 0.388 e. The summed E-state index contributed by atoms with van der Waals surface area (Å²) in [5.74, 6) is 0.535. The summed E-state index contributed by atoms with van der Waals surface area (Å²) >= 11 is 3.30. The summed E-state index contributed by atoms with van der Waals surface area (Å²) in [6.45, 7) is 6.57. The number of nitrogens with one attached hydrogen (secondary N) is 1. The van der Waals surface area contributed by atoms with Gasteiger partial charge in [0.1, 0.15) is 4.47 Å². The topological polar surface area (TPSA) is 67.2 Å². The van der Waals surface area contributed by atoms with Gasteiger partial charge in [-0.2, -0.15) is 5.10 Å². The van der Waals surface area contributed by atoms with Crippen LogP contribution in [0.1, 0.15) is 32.6 Å². The van der Waals surface area contributed by atoms with Crippen molar-refractivity contribution in [3.63, 3.8) is 0 Å². The van der Waals surface area contributed by atoms with E-state index in [4.69, 9.17) is 0 Å². The lowest BCUT2D eigenvalue weighted by atomic mass is 9.79. The number of hydrogen-bond donors (Lipinski definition) is 2. The number of aromatic nitrogens is 2. The van der Waals surface area contributed by atoms with Gasteiger partial charge in [0.2, 0.25) is 0 Å². The van der Waals surface area contributed by atoms with E-state index in [2.05, 4.69) is 39.8 Å². The fourth-order valence-corrected chi connectivity index (χ4v) is 3.34. The fraction of sp³-hybridized carbons (Fsp3) is 0.600. The molecule has 1 aliphatic carbocycles. The van der Waals surface area contributed by atoms with Gasteiger partial charge >= 0.3 is 0 Å². The van der Waals surface area contributed by atoms with Gasteiger partial charge in [-0.1, -0.05) is 25.8 Å². The van der Waals surface area contributed by atoms with E-state index in [9.17, 15) is 9.90 Å². The van der Waals surface area contributed by atoms with Crippen molar-refractivity contribution in [2.24, 2.45) is 5.92 Å². The van der Waals surface area contributed by atoms with Crippen LogP contribution in [0.25, 0.3) is 0 Å². The maximum atomic E-state index is 12.1. The fourth-order valence-electron chi connectivity index (χ4n) is 2.89. The standard InChI is InChI=1S/C15H22BrN3O2/c1-3-7-19-14(20)13(16)12(9-18-19)17-10-15(21)6-4-5-11(2)8-15/h3,9,11,17,21H,1,4-8,10H2,2H3. The first-order valence-electron chi connectivity index (χ1n) is 7.28. The Morgan fingerprint density at radius 2 is 2.48 bits per heavy atom. The van der Waals surface area contributed by atoms with Gasteiger partial charge in [-0.3, -0.25) is 4.79 Å². The molecule has 0 radical (unpaired) electrons. The Morgan fingerprint density at radius 1 is 1.71 bits per heavy atom. The van der Waals surface area contributed by atoms with Crippen molar-refractivity contribution in [2.45, 2.75) is 44.8 Å². The number of hydrogen-bond acceptors (Lipinski definition) is 4. The van der Waals surface area contributed by atoms with Crippen molar-refractivity contribution in [3.8, 4) is 0 Å². The zero-order valence-corrected chi connectivity index (χ0v) is 13.9. The number of anilines is 1. The van der Waals surface area contributed by atoms with E-state index in [0.29, 0.717) is 29.2 Å². The highest BCUT2D eigenvalue weighted by Crippen LogP contribution is 2.32.